The van der Waals surface area contributed by atoms with Gasteiger partial charge in [0.1, 0.15) is 0 Å². The Morgan fingerprint density at radius 2 is 1.25 bits per heavy atom. The molecule has 0 saturated carbocycles. The molecule has 0 aliphatic heterocycles. The van der Waals surface area contributed by atoms with Crippen LogP contribution in [0.1, 0.15) is 1.43 Å². The predicted octanol–water partition coefficient (Wildman–Crippen LogP) is -4.11. The van der Waals surface area contributed by atoms with Crippen molar-refractivity contribution in [1.29, 1.82) is 0 Å². The minimum absolute atomic E-state index is 0. The molecule has 0 atom stereocenters. The van der Waals surface area contributed by atoms with E-state index in [1.807, 2.05) is 0 Å². The fourth-order valence-corrected chi connectivity index (χ4v) is 0. The smallest absolute Gasteiger partial charge is 1.00 e. The van der Waals surface area contributed by atoms with Crippen LogP contribution in [-0.2, 0) is 9.59 Å². The summed E-state index contributed by atoms with van der Waals surface area (Å²) in [5, 5.41) is 14.8. The summed E-state index contributed by atoms with van der Waals surface area (Å²) in [7, 11) is 0. The maximum absolute atomic E-state index is 9.10. The standard InChI is InChI=1S/C2H2O4.B.Li.H/c3-1(4)2(5)6;;;/h(H,3,4)(H,5,6);;;/q;;+1;-1. The maximum Gasteiger partial charge on any atom is 1.00 e. The van der Waals surface area contributed by atoms with Crippen molar-refractivity contribution < 1.29 is 40.1 Å². The first kappa shape index (κ1) is 15.6. The van der Waals surface area contributed by atoms with Gasteiger partial charge in [0.25, 0.3) is 0 Å². The SMILES string of the molecule is O=C(O)C(=O)O.[B].[H-].[Li+]. The summed E-state index contributed by atoms with van der Waals surface area (Å²) >= 11 is 0. The molecule has 8 heavy (non-hydrogen) atoms. The van der Waals surface area contributed by atoms with Crippen molar-refractivity contribution in [3.8, 4) is 0 Å². The number of rotatable bonds is 0. The fourth-order valence-electron chi connectivity index (χ4n) is 0. The summed E-state index contributed by atoms with van der Waals surface area (Å²) in [5.74, 6) is -3.65. The van der Waals surface area contributed by atoms with Crippen molar-refractivity contribution in [3.05, 3.63) is 0 Å². The molecule has 4 nitrogen and oxygen atoms in total. The van der Waals surface area contributed by atoms with E-state index in [1.165, 1.54) is 0 Å². The van der Waals surface area contributed by atoms with E-state index in [0.29, 0.717) is 0 Å². The molecule has 0 aromatic heterocycles. The molecular formula is C2H3BLiO4. The average molecular weight is 109 g/mol. The van der Waals surface area contributed by atoms with Crippen LogP contribution in [0, 0.1) is 0 Å². The van der Waals surface area contributed by atoms with E-state index in [-0.39, 0.29) is 28.7 Å². The van der Waals surface area contributed by atoms with E-state index >= 15 is 0 Å². The van der Waals surface area contributed by atoms with Crippen LogP contribution in [0.4, 0.5) is 0 Å². The maximum atomic E-state index is 9.10. The monoisotopic (exact) mass is 109 g/mol. The van der Waals surface area contributed by atoms with Gasteiger partial charge in [-0.05, 0) is 0 Å². The van der Waals surface area contributed by atoms with E-state index < -0.39 is 11.9 Å². The Labute approximate surface area is 61.1 Å². The van der Waals surface area contributed by atoms with Crippen molar-refractivity contribution in [2.45, 2.75) is 0 Å². The molecule has 3 radical (unpaired) electrons. The minimum Gasteiger partial charge on any atom is -1.00 e. The first-order valence-electron chi connectivity index (χ1n) is 1.11. The number of carboxylic acid groups (broad SMARTS) is 2. The van der Waals surface area contributed by atoms with Crippen LogP contribution >= 0.6 is 0 Å². The molecule has 6 heteroatoms. The Balaban J connectivity index is -0.0000000417. The molecule has 0 saturated heterocycles. The van der Waals surface area contributed by atoms with Crippen LogP contribution in [-0.4, -0.2) is 30.6 Å². The molecule has 0 aromatic carbocycles. The van der Waals surface area contributed by atoms with Gasteiger partial charge in [0, 0.05) is 8.41 Å². The van der Waals surface area contributed by atoms with Crippen molar-refractivity contribution in [2.75, 3.05) is 0 Å². The van der Waals surface area contributed by atoms with Gasteiger partial charge in [-0.3, -0.25) is 0 Å². The topological polar surface area (TPSA) is 74.6 Å². The van der Waals surface area contributed by atoms with Crippen LogP contribution in [0.3, 0.4) is 0 Å². The van der Waals surface area contributed by atoms with Gasteiger partial charge < -0.3 is 11.6 Å². The van der Waals surface area contributed by atoms with Gasteiger partial charge in [-0.15, -0.1) is 0 Å². The number of carboxylic acids is 2. The third kappa shape index (κ3) is 9.14. The van der Waals surface area contributed by atoms with Crippen molar-refractivity contribution >= 4 is 20.4 Å². The molecule has 0 unspecified atom stereocenters. The zero-order valence-corrected chi connectivity index (χ0v) is 4.29. The van der Waals surface area contributed by atoms with Crippen molar-refractivity contribution in [1.82, 2.24) is 0 Å². The Morgan fingerprint density at radius 3 is 1.25 bits per heavy atom. The van der Waals surface area contributed by atoms with E-state index in [1.54, 1.807) is 0 Å². The quantitative estimate of drug-likeness (QED) is 0.245. The van der Waals surface area contributed by atoms with Crippen LogP contribution < -0.4 is 18.9 Å². The first-order valence-corrected chi connectivity index (χ1v) is 1.11. The molecule has 0 bridgehead atoms. The van der Waals surface area contributed by atoms with E-state index in [0.717, 1.165) is 0 Å². The summed E-state index contributed by atoms with van der Waals surface area (Å²) in [6, 6.07) is 0. The van der Waals surface area contributed by atoms with Gasteiger partial charge in [-0.25, -0.2) is 9.59 Å². The van der Waals surface area contributed by atoms with Crippen LogP contribution in [0.25, 0.3) is 0 Å². The molecule has 0 aliphatic rings. The minimum atomic E-state index is -1.82. The van der Waals surface area contributed by atoms with Crippen molar-refractivity contribution in [2.24, 2.45) is 0 Å². The van der Waals surface area contributed by atoms with Gasteiger partial charge >= 0.3 is 30.8 Å². The Morgan fingerprint density at radius 1 is 1.12 bits per heavy atom. The summed E-state index contributed by atoms with van der Waals surface area (Å²) < 4.78 is 0. The Hall–Kier alpha value is -0.398. The van der Waals surface area contributed by atoms with E-state index in [9.17, 15) is 0 Å². The van der Waals surface area contributed by atoms with Crippen LogP contribution in [0.15, 0.2) is 0 Å². The Bertz CT molecular complexity index is 84.6. The molecule has 0 amide bonds. The van der Waals surface area contributed by atoms with Gasteiger partial charge in [0.2, 0.25) is 0 Å². The third-order valence-corrected chi connectivity index (χ3v) is 0.183. The second-order valence-electron chi connectivity index (χ2n) is 0.610. The summed E-state index contributed by atoms with van der Waals surface area (Å²) in [6.07, 6.45) is 0. The molecule has 0 aliphatic carbocycles. The molecule has 2 N–H and O–H groups in total. The molecule has 0 aromatic rings. The first-order chi connectivity index (χ1) is 2.64. The summed E-state index contributed by atoms with van der Waals surface area (Å²) in [5.41, 5.74) is 0. The number of carbonyl (C=O) groups is 2. The average Bonchev–Trinajstić information content (AvgIpc) is 1.36. The van der Waals surface area contributed by atoms with Gasteiger partial charge in [0.15, 0.2) is 0 Å². The van der Waals surface area contributed by atoms with Crippen LogP contribution in [0.2, 0.25) is 0 Å². The molecule has 39 valence electrons. The number of hydrogen-bond donors (Lipinski definition) is 2. The molecule has 0 spiro atoms. The Kier molecular flexibility index (Phi) is 12.9. The predicted molar refractivity (Wildman–Crippen MR) is 22.1 cm³/mol. The van der Waals surface area contributed by atoms with E-state index in [4.69, 9.17) is 19.8 Å². The molecule has 0 rings (SSSR count). The fraction of sp³-hybridized carbons (Fsp3) is 0. The van der Waals surface area contributed by atoms with Gasteiger partial charge in [-0.2, -0.15) is 0 Å². The molecule has 0 fully saturated rings. The second kappa shape index (κ2) is 6.60. The zero-order valence-electron chi connectivity index (χ0n) is 5.29. The van der Waals surface area contributed by atoms with Gasteiger partial charge in [-0.1, -0.05) is 0 Å². The normalized spacial score (nSPS) is 5.50. The van der Waals surface area contributed by atoms with Crippen molar-refractivity contribution in [3.63, 3.8) is 0 Å². The third-order valence-electron chi connectivity index (χ3n) is 0.183. The largest absolute Gasteiger partial charge is 1.00 e. The van der Waals surface area contributed by atoms with Crippen LogP contribution in [0.5, 0.6) is 0 Å². The second-order valence-corrected chi connectivity index (χ2v) is 0.610. The zero-order chi connectivity index (χ0) is 5.15. The summed E-state index contributed by atoms with van der Waals surface area (Å²) in [4.78, 5) is 18.2. The summed E-state index contributed by atoms with van der Waals surface area (Å²) in [6.45, 7) is 0. The molecular weight excluding hydrogens is 106 g/mol. The van der Waals surface area contributed by atoms with Gasteiger partial charge in [0.05, 0.1) is 0 Å². The van der Waals surface area contributed by atoms with E-state index in [2.05, 4.69) is 0 Å². The number of aliphatic carboxylic acids is 2. The number of hydrogen-bond acceptors (Lipinski definition) is 2. The molecule has 0 heterocycles.